The highest BCUT2D eigenvalue weighted by Gasteiger charge is 2.21. The fourth-order valence-electron chi connectivity index (χ4n) is 2.14. The molecule has 1 N–H and O–H groups in total. The van der Waals surface area contributed by atoms with Gasteiger partial charge in [-0.3, -0.25) is 9.48 Å². The standard InChI is InChI=1S/C15H14ClF4N3O2/c1-7-5-11(13(17)18)22-23(7)8(2)14(24)21-9-3-4-12(10(16)6-9)25-15(19)20/h3-6,8,13,15H,1-2H3,(H,21,24). The van der Waals surface area contributed by atoms with Gasteiger partial charge in [-0.15, -0.1) is 0 Å². The second-order valence-electron chi connectivity index (χ2n) is 5.14. The van der Waals surface area contributed by atoms with Crippen molar-refractivity contribution in [1.29, 1.82) is 0 Å². The second kappa shape index (κ2) is 7.73. The fourth-order valence-corrected chi connectivity index (χ4v) is 2.36. The first-order valence-electron chi connectivity index (χ1n) is 7.08. The number of aromatic nitrogens is 2. The minimum atomic E-state index is -3.02. The number of amides is 1. The summed E-state index contributed by atoms with van der Waals surface area (Å²) < 4.78 is 55.1. The van der Waals surface area contributed by atoms with Crippen molar-refractivity contribution in [3.8, 4) is 5.75 Å². The third-order valence-electron chi connectivity index (χ3n) is 3.33. The maximum atomic E-state index is 12.7. The molecule has 0 fully saturated rings. The molecule has 10 heteroatoms. The van der Waals surface area contributed by atoms with Gasteiger partial charge < -0.3 is 10.1 Å². The molecule has 5 nitrogen and oxygen atoms in total. The average Bonchev–Trinajstić information content (AvgIpc) is 2.91. The summed E-state index contributed by atoms with van der Waals surface area (Å²) in [4.78, 5) is 12.3. The normalized spacial score (nSPS) is 12.5. The van der Waals surface area contributed by atoms with Crippen LogP contribution in [0.5, 0.6) is 5.75 Å². The Morgan fingerprint density at radius 1 is 1.28 bits per heavy atom. The van der Waals surface area contributed by atoms with Crippen LogP contribution in [-0.4, -0.2) is 22.3 Å². The van der Waals surface area contributed by atoms with Crippen molar-refractivity contribution < 1.29 is 27.1 Å². The molecule has 1 aromatic carbocycles. The van der Waals surface area contributed by atoms with E-state index in [9.17, 15) is 22.4 Å². The first-order valence-corrected chi connectivity index (χ1v) is 7.46. The van der Waals surface area contributed by atoms with Crippen LogP contribution >= 0.6 is 11.6 Å². The Morgan fingerprint density at radius 3 is 2.48 bits per heavy atom. The highest BCUT2D eigenvalue weighted by Crippen LogP contribution is 2.29. The molecule has 1 aromatic heterocycles. The average molecular weight is 380 g/mol. The van der Waals surface area contributed by atoms with E-state index < -0.39 is 30.7 Å². The number of hydrogen-bond acceptors (Lipinski definition) is 3. The smallest absolute Gasteiger partial charge is 0.387 e. The maximum absolute atomic E-state index is 12.7. The summed E-state index contributed by atoms with van der Waals surface area (Å²) in [6.45, 7) is 0.0148. The highest BCUT2D eigenvalue weighted by atomic mass is 35.5. The minimum Gasteiger partial charge on any atom is -0.433 e. The van der Waals surface area contributed by atoms with E-state index in [1.165, 1.54) is 35.9 Å². The van der Waals surface area contributed by atoms with Gasteiger partial charge in [-0.05, 0) is 38.1 Å². The molecule has 0 radical (unpaired) electrons. The predicted molar refractivity (Wildman–Crippen MR) is 83.3 cm³/mol. The van der Waals surface area contributed by atoms with E-state index in [0.29, 0.717) is 5.69 Å². The van der Waals surface area contributed by atoms with Crippen LogP contribution in [0.4, 0.5) is 23.2 Å². The van der Waals surface area contributed by atoms with Gasteiger partial charge in [0.1, 0.15) is 17.5 Å². The number of carbonyl (C=O) groups excluding carboxylic acids is 1. The number of rotatable bonds is 6. The van der Waals surface area contributed by atoms with E-state index in [4.69, 9.17) is 11.6 Å². The summed E-state index contributed by atoms with van der Waals surface area (Å²) in [5.41, 5.74) is 0.215. The van der Waals surface area contributed by atoms with Gasteiger partial charge >= 0.3 is 6.61 Å². The van der Waals surface area contributed by atoms with E-state index in [2.05, 4.69) is 15.2 Å². The molecule has 0 bridgehead atoms. The number of halogens is 5. The minimum absolute atomic E-state index is 0.110. The van der Waals surface area contributed by atoms with E-state index >= 15 is 0 Å². The second-order valence-corrected chi connectivity index (χ2v) is 5.55. The van der Waals surface area contributed by atoms with E-state index in [1.807, 2.05) is 0 Å². The summed E-state index contributed by atoms with van der Waals surface area (Å²) in [7, 11) is 0. The number of carbonyl (C=O) groups is 1. The van der Waals surface area contributed by atoms with Gasteiger partial charge in [0.2, 0.25) is 5.91 Å². The predicted octanol–water partition coefficient (Wildman–Crippen LogP) is 4.58. The number of nitrogens with zero attached hydrogens (tertiary/aromatic N) is 2. The van der Waals surface area contributed by atoms with Gasteiger partial charge in [0.15, 0.2) is 0 Å². The molecule has 1 heterocycles. The van der Waals surface area contributed by atoms with E-state index in [0.717, 1.165) is 0 Å². The van der Waals surface area contributed by atoms with Crippen molar-refractivity contribution in [2.45, 2.75) is 32.9 Å². The lowest BCUT2D eigenvalue weighted by Crippen LogP contribution is -2.25. The lowest BCUT2D eigenvalue weighted by Gasteiger charge is -2.15. The van der Waals surface area contributed by atoms with Crippen molar-refractivity contribution in [2.24, 2.45) is 0 Å². The lowest BCUT2D eigenvalue weighted by molar-refractivity contribution is -0.119. The number of hydrogen-bond donors (Lipinski definition) is 1. The van der Waals surface area contributed by atoms with Crippen LogP contribution in [0.3, 0.4) is 0 Å². The molecule has 0 saturated carbocycles. The largest absolute Gasteiger partial charge is 0.433 e. The fraction of sp³-hybridized carbons (Fsp3) is 0.333. The molecule has 1 atom stereocenters. The molecule has 1 amide bonds. The first kappa shape index (κ1) is 19.0. The van der Waals surface area contributed by atoms with E-state index in [1.54, 1.807) is 6.92 Å². The van der Waals surface area contributed by atoms with Crippen LogP contribution in [0.25, 0.3) is 0 Å². The molecule has 136 valence electrons. The molecule has 0 aliphatic carbocycles. The Morgan fingerprint density at radius 2 is 1.96 bits per heavy atom. The lowest BCUT2D eigenvalue weighted by atomic mass is 10.2. The zero-order valence-corrected chi connectivity index (χ0v) is 13.9. The number of alkyl halides is 4. The number of benzene rings is 1. The molecule has 0 aliphatic rings. The summed E-state index contributed by atoms with van der Waals surface area (Å²) >= 11 is 5.81. The van der Waals surface area contributed by atoms with Crippen molar-refractivity contribution in [3.05, 3.63) is 40.7 Å². The topological polar surface area (TPSA) is 56.2 Å². The van der Waals surface area contributed by atoms with Crippen LogP contribution in [-0.2, 0) is 4.79 Å². The van der Waals surface area contributed by atoms with Crippen LogP contribution in [0.1, 0.15) is 30.8 Å². The highest BCUT2D eigenvalue weighted by molar-refractivity contribution is 6.32. The Balaban J connectivity index is 2.12. The maximum Gasteiger partial charge on any atom is 0.387 e. The Bertz CT molecular complexity index is 767. The summed E-state index contributed by atoms with van der Waals surface area (Å²) in [6, 6.07) is 4.08. The zero-order valence-electron chi connectivity index (χ0n) is 13.1. The number of nitrogens with one attached hydrogen (secondary N) is 1. The van der Waals surface area contributed by atoms with Gasteiger partial charge in [0.05, 0.1) is 5.02 Å². The van der Waals surface area contributed by atoms with E-state index in [-0.39, 0.29) is 16.5 Å². The Labute approximate surface area is 145 Å². The van der Waals surface area contributed by atoms with Gasteiger partial charge in [0.25, 0.3) is 6.43 Å². The molecule has 1 unspecified atom stereocenters. The molecule has 2 aromatic rings. The molecular formula is C15H14ClF4N3O2. The van der Waals surface area contributed by atoms with Crippen molar-refractivity contribution in [1.82, 2.24) is 9.78 Å². The van der Waals surface area contributed by atoms with Gasteiger partial charge in [-0.1, -0.05) is 11.6 Å². The molecule has 25 heavy (non-hydrogen) atoms. The van der Waals surface area contributed by atoms with Crippen LogP contribution in [0.2, 0.25) is 5.02 Å². The van der Waals surface area contributed by atoms with Crippen molar-refractivity contribution >= 4 is 23.2 Å². The van der Waals surface area contributed by atoms with Gasteiger partial charge in [0, 0.05) is 11.4 Å². The zero-order chi connectivity index (χ0) is 18.7. The SMILES string of the molecule is Cc1cc(C(F)F)nn1C(C)C(=O)Nc1ccc(OC(F)F)c(Cl)c1. The van der Waals surface area contributed by atoms with Crippen molar-refractivity contribution in [2.75, 3.05) is 5.32 Å². The Kier molecular flexibility index (Phi) is 5.89. The molecule has 0 saturated heterocycles. The third-order valence-corrected chi connectivity index (χ3v) is 3.62. The molecule has 0 spiro atoms. The summed E-state index contributed by atoms with van der Waals surface area (Å²) in [6.07, 6.45) is -2.74. The molecular weight excluding hydrogens is 366 g/mol. The monoisotopic (exact) mass is 379 g/mol. The molecule has 0 aliphatic heterocycles. The van der Waals surface area contributed by atoms with Crippen LogP contribution in [0, 0.1) is 6.92 Å². The quantitative estimate of drug-likeness (QED) is 0.747. The summed E-state index contributed by atoms with van der Waals surface area (Å²) in [5.74, 6) is -0.766. The van der Waals surface area contributed by atoms with Crippen LogP contribution in [0.15, 0.2) is 24.3 Å². The first-order chi connectivity index (χ1) is 11.7. The number of anilines is 1. The van der Waals surface area contributed by atoms with Gasteiger partial charge in [-0.25, -0.2) is 8.78 Å². The number of aryl methyl sites for hydroxylation is 1. The van der Waals surface area contributed by atoms with Gasteiger partial charge in [-0.2, -0.15) is 13.9 Å². The Hall–Kier alpha value is -2.29. The number of ether oxygens (including phenoxy) is 1. The third kappa shape index (κ3) is 4.62. The summed E-state index contributed by atoms with van der Waals surface area (Å²) in [5, 5.41) is 6.11. The molecule has 2 rings (SSSR count). The van der Waals surface area contributed by atoms with Crippen LogP contribution < -0.4 is 10.1 Å². The van der Waals surface area contributed by atoms with Crippen molar-refractivity contribution in [3.63, 3.8) is 0 Å².